The van der Waals surface area contributed by atoms with Crippen molar-refractivity contribution >= 4 is 5.91 Å². The largest absolute Gasteiger partial charge is 0.406 e. The van der Waals surface area contributed by atoms with E-state index in [1.165, 1.54) is 0 Å². The minimum atomic E-state index is -4.42. The van der Waals surface area contributed by atoms with Crippen molar-refractivity contribution in [1.29, 1.82) is 0 Å². The Labute approximate surface area is 96.0 Å². The molecule has 8 heteroatoms. The molecule has 0 aromatic carbocycles. The normalized spacial score (nSPS) is 11.6. The van der Waals surface area contributed by atoms with E-state index in [4.69, 9.17) is 0 Å². The molecule has 0 saturated heterocycles. The van der Waals surface area contributed by atoms with Crippen LogP contribution in [0.4, 0.5) is 13.2 Å². The molecule has 0 fully saturated rings. The van der Waals surface area contributed by atoms with E-state index in [-0.39, 0.29) is 5.82 Å². The van der Waals surface area contributed by atoms with Gasteiger partial charge in [-0.15, -0.1) is 5.10 Å². The van der Waals surface area contributed by atoms with Gasteiger partial charge in [-0.25, -0.2) is 4.98 Å². The van der Waals surface area contributed by atoms with Crippen LogP contribution in [-0.2, 0) is 6.42 Å². The van der Waals surface area contributed by atoms with Crippen LogP contribution in [0, 0.1) is 0 Å². The number of carbonyl (C=O) groups excluding carboxylic acids is 1. The Morgan fingerprint density at radius 2 is 2.12 bits per heavy atom. The maximum Gasteiger partial charge on any atom is 0.406 e. The molecule has 96 valence electrons. The van der Waals surface area contributed by atoms with Crippen molar-refractivity contribution in [1.82, 2.24) is 20.1 Å². The molecule has 0 aliphatic heterocycles. The van der Waals surface area contributed by atoms with Crippen LogP contribution in [0.5, 0.6) is 0 Å². The van der Waals surface area contributed by atoms with E-state index in [9.17, 15) is 18.0 Å². The lowest BCUT2D eigenvalue weighted by molar-refractivity contribution is -0.138. The summed E-state index contributed by atoms with van der Waals surface area (Å²) in [4.78, 5) is 15.9. The number of rotatable bonds is 4. The number of carbonyl (C=O) groups is 1. The van der Waals surface area contributed by atoms with E-state index in [1.54, 1.807) is 0 Å². The van der Waals surface area contributed by atoms with Crippen molar-refractivity contribution in [3.8, 4) is 0 Å². The highest BCUT2D eigenvalue weighted by atomic mass is 19.4. The number of amides is 1. The average molecular weight is 250 g/mol. The molecule has 0 bridgehead atoms. The number of halogens is 3. The van der Waals surface area contributed by atoms with Gasteiger partial charge >= 0.3 is 6.18 Å². The maximum absolute atomic E-state index is 12.1. The van der Waals surface area contributed by atoms with Gasteiger partial charge in [0.1, 0.15) is 12.4 Å². The zero-order valence-corrected chi connectivity index (χ0v) is 9.51. The third-order valence-corrected chi connectivity index (χ3v) is 1.97. The van der Waals surface area contributed by atoms with Crippen LogP contribution < -0.4 is 0 Å². The topological polar surface area (TPSA) is 61.9 Å². The quantitative estimate of drug-likeness (QED) is 0.878. The summed E-state index contributed by atoms with van der Waals surface area (Å²) in [6.07, 6.45) is -3.02. The van der Waals surface area contributed by atoms with E-state index >= 15 is 0 Å². The van der Waals surface area contributed by atoms with Gasteiger partial charge in [0.05, 0.1) is 0 Å². The first-order valence-corrected chi connectivity index (χ1v) is 5.07. The molecule has 17 heavy (non-hydrogen) atoms. The first-order chi connectivity index (χ1) is 7.83. The molecule has 0 aliphatic rings. The second kappa shape index (κ2) is 5.15. The summed E-state index contributed by atoms with van der Waals surface area (Å²) in [7, 11) is 1.06. The number of aromatic nitrogens is 3. The van der Waals surface area contributed by atoms with Crippen LogP contribution in [0.1, 0.15) is 29.8 Å². The molecule has 0 unspecified atom stereocenters. The van der Waals surface area contributed by atoms with Crippen LogP contribution in [-0.4, -0.2) is 45.8 Å². The Bertz CT molecular complexity index is 388. The standard InChI is InChI=1S/C9H13F3N4O/c1-3-4-6-13-7(15-14-6)8(17)16(2)5-9(10,11)12/h3-5H2,1-2H3,(H,13,14,15). The lowest BCUT2D eigenvalue weighted by atomic mass is 10.3. The molecule has 1 heterocycles. The summed E-state index contributed by atoms with van der Waals surface area (Å²) in [5.74, 6) is -0.586. The molecule has 0 saturated carbocycles. The number of nitrogens with one attached hydrogen (secondary N) is 1. The molecular weight excluding hydrogens is 237 g/mol. The van der Waals surface area contributed by atoms with Crippen LogP contribution in [0.2, 0.25) is 0 Å². The third-order valence-electron chi connectivity index (χ3n) is 1.97. The van der Waals surface area contributed by atoms with Gasteiger partial charge in [0, 0.05) is 13.5 Å². The van der Waals surface area contributed by atoms with Gasteiger partial charge in [-0.3, -0.25) is 9.89 Å². The fraction of sp³-hybridized carbons (Fsp3) is 0.667. The number of aromatic amines is 1. The zero-order chi connectivity index (χ0) is 13.1. The van der Waals surface area contributed by atoms with Crippen molar-refractivity contribution in [3.63, 3.8) is 0 Å². The minimum Gasteiger partial charge on any atom is -0.330 e. The van der Waals surface area contributed by atoms with E-state index in [0.717, 1.165) is 13.5 Å². The minimum absolute atomic E-state index is 0.236. The van der Waals surface area contributed by atoms with E-state index < -0.39 is 18.6 Å². The lowest BCUT2D eigenvalue weighted by Crippen LogP contribution is -2.36. The predicted octanol–water partition coefficient (Wildman–Crippen LogP) is 1.39. The Hall–Kier alpha value is -1.60. The monoisotopic (exact) mass is 250 g/mol. The zero-order valence-electron chi connectivity index (χ0n) is 9.51. The van der Waals surface area contributed by atoms with Crippen LogP contribution in [0.25, 0.3) is 0 Å². The van der Waals surface area contributed by atoms with Crippen LogP contribution in [0.3, 0.4) is 0 Å². The highest BCUT2D eigenvalue weighted by Gasteiger charge is 2.32. The molecule has 1 amide bonds. The summed E-state index contributed by atoms with van der Waals surface area (Å²) in [6.45, 7) is 0.600. The highest BCUT2D eigenvalue weighted by molar-refractivity contribution is 5.90. The third kappa shape index (κ3) is 4.04. The predicted molar refractivity (Wildman–Crippen MR) is 53.4 cm³/mol. The Kier molecular flexibility index (Phi) is 4.08. The van der Waals surface area contributed by atoms with Crippen molar-refractivity contribution in [3.05, 3.63) is 11.6 Å². The highest BCUT2D eigenvalue weighted by Crippen LogP contribution is 2.16. The number of hydrogen-bond acceptors (Lipinski definition) is 3. The van der Waals surface area contributed by atoms with E-state index in [1.807, 2.05) is 6.92 Å². The molecule has 0 atom stereocenters. The van der Waals surface area contributed by atoms with Crippen molar-refractivity contribution in [2.45, 2.75) is 25.9 Å². The lowest BCUT2D eigenvalue weighted by Gasteiger charge is -2.16. The number of hydrogen-bond donors (Lipinski definition) is 1. The SMILES string of the molecule is CCCc1nc(C(=O)N(C)CC(F)(F)F)n[nH]1. The van der Waals surface area contributed by atoms with Gasteiger partial charge in [0.2, 0.25) is 5.82 Å². The summed E-state index contributed by atoms with van der Waals surface area (Å²) < 4.78 is 36.2. The van der Waals surface area contributed by atoms with Gasteiger partial charge in [-0.05, 0) is 6.42 Å². The molecule has 1 rings (SSSR count). The summed E-state index contributed by atoms with van der Waals surface area (Å²) in [6, 6.07) is 0. The summed E-state index contributed by atoms with van der Waals surface area (Å²) in [5.41, 5.74) is 0. The number of alkyl halides is 3. The van der Waals surface area contributed by atoms with Crippen molar-refractivity contribution in [2.75, 3.05) is 13.6 Å². The molecule has 1 N–H and O–H groups in total. The molecule has 1 aromatic heterocycles. The fourth-order valence-corrected chi connectivity index (χ4v) is 1.25. The van der Waals surface area contributed by atoms with E-state index in [0.29, 0.717) is 17.1 Å². The summed E-state index contributed by atoms with van der Waals surface area (Å²) >= 11 is 0. The maximum atomic E-state index is 12.1. The van der Waals surface area contributed by atoms with Gasteiger partial charge in [0.25, 0.3) is 5.91 Å². The Morgan fingerprint density at radius 1 is 1.47 bits per heavy atom. The molecule has 0 radical (unpaired) electrons. The smallest absolute Gasteiger partial charge is 0.330 e. The van der Waals surface area contributed by atoms with Crippen molar-refractivity contribution < 1.29 is 18.0 Å². The number of nitrogens with zero attached hydrogens (tertiary/aromatic N) is 3. The Balaban J connectivity index is 2.68. The number of H-pyrrole nitrogens is 1. The molecule has 1 aromatic rings. The second-order valence-corrected chi connectivity index (χ2v) is 3.63. The van der Waals surface area contributed by atoms with Crippen LogP contribution >= 0.6 is 0 Å². The van der Waals surface area contributed by atoms with Gasteiger partial charge < -0.3 is 4.90 Å². The van der Waals surface area contributed by atoms with Crippen molar-refractivity contribution in [2.24, 2.45) is 0 Å². The summed E-state index contributed by atoms with van der Waals surface area (Å²) in [5, 5.41) is 6.11. The Morgan fingerprint density at radius 3 is 2.65 bits per heavy atom. The second-order valence-electron chi connectivity index (χ2n) is 3.63. The molecular formula is C9H13F3N4O. The number of aryl methyl sites for hydroxylation is 1. The van der Waals surface area contributed by atoms with Gasteiger partial charge in [-0.1, -0.05) is 6.92 Å². The molecule has 0 aliphatic carbocycles. The molecule has 5 nitrogen and oxygen atoms in total. The molecule has 0 spiro atoms. The van der Waals surface area contributed by atoms with E-state index in [2.05, 4.69) is 15.2 Å². The van der Waals surface area contributed by atoms with Gasteiger partial charge in [-0.2, -0.15) is 13.2 Å². The van der Waals surface area contributed by atoms with Gasteiger partial charge in [0.15, 0.2) is 0 Å². The first kappa shape index (κ1) is 13.5. The first-order valence-electron chi connectivity index (χ1n) is 5.07. The fourth-order valence-electron chi connectivity index (χ4n) is 1.25. The average Bonchev–Trinajstić information content (AvgIpc) is 2.63. The van der Waals surface area contributed by atoms with Crippen LogP contribution in [0.15, 0.2) is 0 Å².